The summed E-state index contributed by atoms with van der Waals surface area (Å²) in [6.07, 6.45) is 10.2. The van der Waals surface area contributed by atoms with Crippen molar-refractivity contribution < 1.29 is 0 Å². The number of rotatable bonds is 4. The van der Waals surface area contributed by atoms with Crippen LogP contribution in [0.25, 0.3) is 5.57 Å². The number of fused-ring (bicyclic) bond motifs is 1. The van der Waals surface area contributed by atoms with Gasteiger partial charge in [-0.3, -0.25) is 0 Å². The fraction of sp³-hybridized carbons (Fsp3) is 0.294. The molecular weight excluding hydrogens is 436 g/mol. The average Bonchev–Trinajstić information content (AvgIpc) is 3.48. The van der Waals surface area contributed by atoms with Gasteiger partial charge < -0.3 is 0 Å². The van der Waals surface area contributed by atoms with Crippen molar-refractivity contribution >= 4 is 24.0 Å². The minimum absolute atomic E-state index is 0.0935. The van der Waals surface area contributed by atoms with Gasteiger partial charge in [-0.15, -0.1) is 0 Å². The molecule has 0 amide bonds. The lowest BCUT2D eigenvalue weighted by Crippen LogP contribution is -2.64. The highest BCUT2D eigenvalue weighted by Gasteiger charge is 2.52. The van der Waals surface area contributed by atoms with Crippen molar-refractivity contribution in [2.75, 3.05) is 0 Å². The Hall–Kier alpha value is -2.90. The van der Waals surface area contributed by atoms with Gasteiger partial charge in [-0.25, -0.2) is 0 Å². The zero-order valence-corrected chi connectivity index (χ0v) is 23.0. The minimum Gasteiger partial charge on any atom is -0.0793 e. The smallest absolute Gasteiger partial charge is 0.0793 e. The maximum absolute atomic E-state index is 2.66. The first-order chi connectivity index (χ1) is 16.6. The lowest BCUT2D eigenvalue weighted by Gasteiger charge is -2.42. The SMILES string of the molecule is CC(C)(C)C1=CC([Si](c2ccccc2)(c2ccccc2)C2C=C(C(C)(C)C)c3ccccc32)C=C1. The highest BCUT2D eigenvalue weighted by Crippen LogP contribution is 2.51. The molecule has 2 aliphatic rings. The Kier molecular flexibility index (Phi) is 5.88. The molecule has 0 heterocycles. The molecule has 2 unspecified atom stereocenters. The molecular formula is C34H38Si. The Morgan fingerprint density at radius 3 is 1.66 bits per heavy atom. The lowest BCUT2D eigenvalue weighted by molar-refractivity contribution is 0.518. The Bertz CT molecular complexity index is 1250. The van der Waals surface area contributed by atoms with E-state index in [4.69, 9.17) is 0 Å². The van der Waals surface area contributed by atoms with E-state index < -0.39 is 8.07 Å². The van der Waals surface area contributed by atoms with Crippen molar-refractivity contribution in [2.45, 2.75) is 52.6 Å². The number of allylic oxidation sites excluding steroid dienone is 6. The second-order valence-corrected chi connectivity index (χ2v) is 16.4. The van der Waals surface area contributed by atoms with Crippen LogP contribution in [0.2, 0.25) is 5.54 Å². The van der Waals surface area contributed by atoms with Gasteiger partial charge in [0.05, 0.1) is 0 Å². The van der Waals surface area contributed by atoms with Gasteiger partial charge in [0, 0.05) is 11.1 Å². The topological polar surface area (TPSA) is 0 Å². The standard InChI is InChI=1S/C34H38Si/c1-33(2,3)25-21-22-28(23-25)35(26-15-9-7-10-16-26,27-17-11-8-12-18-27)32-24-31(34(4,5)6)29-19-13-14-20-30(29)32/h7-24,28,32H,1-6H3. The second kappa shape index (κ2) is 8.64. The summed E-state index contributed by atoms with van der Waals surface area (Å²) in [5.41, 5.74) is 6.87. The molecule has 2 aliphatic carbocycles. The third-order valence-electron chi connectivity index (χ3n) is 7.95. The van der Waals surface area contributed by atoms with Gasteiger partial charge in [0.1, 0.15) is 8.07 Å². The third kappa shape index (κ3) is 4.00. The van der Waals surface area contributed by atoms with Crippen LogP contribution in [-0.2, 0) is 0 Å². The fourth-order valence-electron chi connectivity index (χ4n) is 6.23. The Morgan fingerprint density at radius 2 is 1.14 bits per heavy atom. The molecule has 0 saturated carbocycles. The van der Waals surface area contributed by atoms with E-state index in [0.717, 1.165) is 0 Å². The van der Waals surface area contributed by atoms with E-state index in [-0.39, 0.29) is 10.8 Å². The van der Waals surface area contributed by atoms with Gasteiger partial charge in [-0.1, -0.05) is 161 Å². The molecule has 2 atom stereocenters. The molecule has 35 heavy (non-hydrogen) atoms. The molecule has 3 aromatic rings. The molecule has 0 saturated heterocycles. The van der Waals surface area contributed by atoms with E-state index in [0.29, 0.717) is 11.1 Å². The first kappa shape index (κ1) is 23.8. The van der Waals surface area contributed by atoms with Gasteiger partial charge in [-0.05, 0) is 33.1 Å². The van der Waals surface area contributed by atoms with Crippen LogP contribution in [0.15, 0.2) is 115 Å². The molecule has 0 fully saturated rings. The first-order valence-electron chi connectivity index (χ1n) is 13.0. The molecule has 5 rings (SSSR count). The van der Waals surface area contributed by atoms with Crippen LogP contribution in [0.3, 0.4) is 0 Å². The lowest BCUT2D eigenvalue weighted by atomic mass is 9.83. The number of benzene rings is 3. The van der Waals surface area contributed by atoms with Crippen molar-refractivity contribution in [2.24, 2.45) is 10.8 Å². The van der Waals surface area contributed by atoms with Crippen LogP contribution in [0.4, 0.5) is 0 Å². The fourth-order valence-corrected chi connectivity index (χ4v) is 12.0. The van der Waals surface area contributed by atoms with Gasteiger partial charge in [0.25, 0.3) is 0 Å². The Morgan fingerprint density at radius 1 is 0.600 bits per heavy atom. The summed E-state index contributed by atoms with van der Waals surface area (Å²) in [6, 6.07) is 32.1. The quantitative estimate of drug-likeness (QED) is 0.337. The summed E-state index contributed by atoms with van der Waals surface area (Å²) in [5.74, 6) is 0. The summed E-state index contributed by atoms with van der Waals surface area (Å²) in [4.78, 5) is 0. The molecule has 0 radical (unpaired) electrons. The number of hydrogen-bond donors (Lipinski definition) is 0. The monoisotopic (exact) mass is 474 g/mol. The van der Waals surface area contributed by atoms with Gasteiger partial charge >= 0.3 is 0 Å². The van der Waals surface area contributed by atoms with Crippen LogP contribution in [0, 0.1) is 10.8 Å². The van der Waals surface area contributed by atoms with E-state index in [9.17, 15) is 0 Å². The summed E-state index contributed by atoms with van der Waals surface area (Å²) in [7, 11) is -2.41. The minimum atomic E-state index is -2.41. The molecule has 178 valence electrons. The first-order valence-corrected chi connectivity index (χ1v) is 15.1. The zero-order chi connectivity index (χ0) is 24.8. The van der Waals surface area contributed by atoms with Crippen LogP contribution in [-0.4, -0.2) is 8.07 Å². The molecule has 0 aliphatic heterocycles. The summed E-state index contributed by atoms with van der Waals surface area (Å²) in [6.45, 7) is 14.1. The van der Waals surface area contributed by atoms with E-state index in [2.05, 4.69) is 151 Å². The van der Waals surface area contributed by atoms with Crippen molar-refractivity contribution in [1.29, 1.82) is 0 Å². The molecule has 0 bridgehead atoms. The third-order valence-corrected chi connectivity index (χ3v) is 13.4. The largest absolute Gasteiger partial charge is 0.139 e. The Balaban J connectivity index is 1.86. The summed E-state index contributed by atoms with van der Waals surface area (Å²) >= 11 is 0. The van der Waals surface area contributed by atoms with E-state index in [1.54, 1.807) is 0 Å². The predicted octanol–water partition coefficient (Wildman–Crippen LogP) is 7.93. The molecule has 0 aromatic heterocycles. The normalized spacial score (nSPS) is 19.9. The summed E-state index contributed by atoms with van der Waals surface area (Å²) < 4.78 is 0. The van der Waals surface area contributed by atoms with Crippen molar-refractivity contribution in [1.82, 2.24) is 0 Å². The highest BCUT2D eigenvalue weighted by molar-refractivity contribution is 7.05. The molecule has 0 N–H and O–H groups in total. The molecule has 1 heteroatoms. The van der Waals surface area contributed by atoms with Crippen molar-refractivity contribution in [3.63, 3.8) is 0 Å². The van der Waals surface area contributed by atoms with Crippen molar-refractivity contribution in [3.8, 4) is 0 Å². The number of hydrogen-bond acceptors (Lipinski definition) is 0. The molecule has 3 aromatic carbocycles. The van der Waals surface area contributed by atoms with Gasteiger partial charge in [0.2, 0.25) is 0 Å². The van der Waals surface area contributed by atoms with Crippen LogP contribution >= 0.6 is 0 Å². The average molecular weight is 475 g/mol. The van der Waals surface area contributed by atoms with Crippen LogP contribution in [0.1, 0.15) is 58.2 Å². The maximum atomic E-state index is 2.66. The van der Waals surface area contributed by atoms with Crippen molar-refractivity contribution in [3.05, 3.63) is 126 Å². The van der Waals surface area contributed by atoms with E-state index in [1.165, 1.54) is 32.6 Å². The molecule has 0 spiro atoms. The molecule has 0 nitrogen and oxygen atoms in total. The predicted molar refractivity (Wildman–Crippen MR) is 155 cm³/mol. The van der Waals surface area contributed by atoms with E-state index >= 15 is 0 Å². The zero-order valence-electron chi connectivity index (χ0n) is 22.0. The Labute approximate surface area is 213 Å². The van der Waals surface area contributed by atoms with Gasteiger partial charge in [-0.2, -0.15) is 0 Å². The maximum Gasteiger partial charge on any atom is 0.139 e. The summed E-state index contributed by atoms with van der Waals surface area (Å²) in [5, 5.41) is 3.02. The second-order valence-electron chi connectivity index (χ2n) is 12.3. The van der Waals surface area contributed by atoms with Gasteiger partial charge in [0.15, 0.2) is 0 Å². The highest BCUT2D eigenvalue weighted by atomic mass is 28.3. The van der Waals surface area contributed by atoms with Crippen LogP contribution < -0.4 is 10.4 Å². The van der Waals surface area contributed by atoms with E-state index in [1.807, 2.05) is 0 Å². The van der Waals surface area contributed by atoms with Crippen LogP contribution in [0.5, 0.6) is 0 Å².